The van der Waals surface area contributed by atoms with Crippen LogP contribution in [0.1, 0.15) is 126 Å². The van der Waals surface area contributed by atoms with Gasteiger partial charge in [0.2, 0.25) is 0 Å². The van der Waals surface area contributed by atoms with Gasteiger partial charge in [-0.1, -0.05) is 99.2 Å². The van der Waals surface area contributed by atoms with E-state index in [0.717, 1.165) is 5.71 Å². The summed E-state index contributed by atoms with van der Waals surface area (Å²) in [6.07, 6.45) is 4.83. The largest absolute Gasteiger partial charge is 0.293 e. The van der Waals surface area contributed by atoms with Crippen molar-refractivity contribution in [2.75, 3.05) is 7.05 Å². The third-order valence-corrected chi connectivity index (χ3v) is 4.18. The number of hydrogen-bond acceptors (Lipinski definition) is 1. The molecule has 1 heteroatoms. The van der Waals surface area contributed by atoms with E-state index in [1.54, 1.807) is 5.57 Å². The molecule has 1 aromatic carbocycles. The first-order valence-corrected chi connectivity index (χ1v) is 13.4. The van der Waals surface area contributed by atoms with E-state index in [4.69, 9.17) is 0 Å². The molecule has 1 nitrogen and oxygen atoms in total. The average Bonchev–Trinajstić information content (AvgIpc) is 2.80. The minimum Gasteiger partial charge on any atom is -0.293 e. The monoisotopic (exact) mass is 485 g/mol. The van der Waals surface area contributed by atoms with E-state index in [-0.39, 0.29) is 0 Å². The van der Waals surface area contributed by atoms with Crippen LogP contribution in [-0.2, 0) is 0 Å². The van der Waals surface area contributed by atoms with Gasteiger partial charge in [-0.05, 0) is 93.2 Å². The maximum atomic E-state index is 4.16. The molecule has 1 aliphatic carbocycles. The van der Waals surface area contributed by atoms with Gasteiger partial charge in [0.1, 0.15) is 0 Å². The molecular formula is C34H63N. The molecule has 0 fully saturated rings. The van der Waals surface area contributed by atoms with E-state index in [2.05, 4.69) is 77.0 Å². The second-order valence-electron chi connectivity index (χ2n) is 8.43. The molecule has 1 aliphatic rings. The lowest BCUT2D eigenvalue weighted by Crippen LogP contribution is -1.95. The van der Waals surface area contributed by atoms with E-state index in [0.29, 0.717) is 0 Å². The van der Waals surface area contributed by atoms with E-state index >= 15 is 0 Å². The van der Waals surface area contributed by atoms with E-state index in [1.165, 1.54) is 51.8 Å². The van der Waals surface area contributed by atoms with Crippen molar-refractivity contribution in [3.05, 3.63) is 82.0 Å². The fourth-order valence-corrected chi connectivity index (χ4v) is 2.50. The number of aryl methyl sites for hydroxylation is 2. The Bertz CT molecular complexity index is 715. The van der Waals surface area contributed by atoms with Gasteiger partial charge < -0.3 is 0 Å². The van der Waals surface area contributed by atoms with Crippen LogP contribution in [-0.4, -0.2) is 12.8 Å². The Hall–Kier alpha value is -2.15. The summed E-state index contributed by atoms with van der Waals surface area (Å²) < 4.78 is 0. The molecule has 0 heterocycles. The lowest BCUT2D eigenvalue weighted by Gasteiger charge is -2.12. The average molecular weight is 486 g/mol. The van der Waals surface area contributed by atoms with Gasteiger partial charge in [0.25, 0.3) is 0 Å². The van der Waals surface area contributed by atoms with Gasteiger partial charge in [-0.3, -0.25) is 4.99 Å². The fourth-order valence-electron chi connectivity index (χ4n) is 2.50. The highest BCUT2D eigenvalue weighted by Gasteiger charge is 2.03. The second kappa shape index (κ2) is 29.9. The van der Waals surface area contributed by atoms with Crippen molar-refractivity contribution in [2.45, 2.75) is 124 Å². The Balaban J connectivity index is -0.000000115. The summed E-state index contributed by atoms with van der Waals surface area (Å²) in [5, 5.41) is 0. The number of benzene rings is 1. The summed E-state index contributed by atoms with van der Waals surface area (Å²) in [6, 6.07) is 6.50. The maximum absolute atomic E-state index is 4.16. The van der Waals surface area contributed by atoms with Gasteiger partial charge in [-0.25, -0.2) is 0 Å². The van der Waals surface area contributed by atoms with Gasteiger partial charge in [0, 0.05) is 12.8 Å². The first-order valence-electron chi connectivity index (χ1n) is 13.4. The lowest BCUT2D eigenvalue weighted by molar-refractivity contribution is 0.918. The van der Waals surface area contributed by atoms with Crippen LogP contribution in [0.5, 0.6) is 0 Å². The van der Waals surface area contributed by atoms with Crippen LogP contribution in [0, 0.1) is 13.8 Å². The van der Waals surface area contributed by atoms with Crippen LogP contribution in [0.4, 0.5) is 0 Å². The molecule has 35 heavy (non-hydrogen) atoms. The normalized spacial score (nSPS) is 11.2. The van der Waals surface area contributed by atoms with Crippen LogP contribution in [0.25, 0.3) is 0 Å². The van der Waals surface area contributed by atoms with E-state index < -0.39 is 0 Å². The summed E-state index contributed by atoms with van der Waals surface area (Å²) in [5.41, 5.74) is 11.8. The molecule has 0 bridgehead atoms. The molecule has 0 radical (unpaired) electrons. The topological polar surface area (TPSA) is 12.4 Å². The molecule has 0 aliphatic heterocycles. The summed E-state index contributed by atoms with van der Waals surface area (Å²) in [4.78, 5) is 4.16. The third kappa shape index (κ3) is 31.9. The Kier molecular flexibility index (Phi) is 36.7. The van der Waals surface area contributed by atoms with Gasteiger partial charge in [0.05, 0.1) is 0 Å². The van der Waals surface area contributed by atoms with Crippen LogP contribution < -0.4 is 0 Å². The number of allylic oxidation sites excluding steroid dienone is 6. The molecule has 0 unspecified atom stereocenters. The number of nitrogens with zero attached hydrogens (tertiary/aromatic N) is 1. The number of rotatable bonds is 1. The molecule has 0 N–H and O–H groups in total. The minimum atomic E-state index is 1.10. The van der Waals surface area contributed by atoms with Crippen LogP contribution in [0.15, 0.2) is 70.3 Å². The minimum absolute atomic E-state index is 1.10. The zero-order valence-corrected chi connectivity index (χ0v) is 27.1. The molecular weight excluding hydrogens is 422 g/mol. The fraction of sp³-hybridized carbons (Fsp3) is 0.559. The molecule has 0 amide bonds. The summed E-state index contributed by atoms with van der Waals surface area (Å²) in [5.74, 6) is 0. The standard InChI is InChI=1S/C11H15N.C9H14.2C4H8.3C2H6/c1-8-5-9(2)7-11(6-8)10(3)12-4;1-7-5-4-6-8(2)9(7)3;2*1-4(2)3;3*1-2/h5-7H,1-4H3;5H,4,6H2,1-3H3;2*1H2,2-3H3;3*1-2H3. The molecule has 0 saturated carbocycles. The lowest BCUT2D eigenvalue weighted by atomic mass is 9.94. The molecule has 1 aromatic rings. The maximum Gasteiger partial charge on any atom is 0.0386 e. The molecule has 0 spiro atoms. The Morgan fingerprint density at radius 3 is 1.29 bits per heavy atom. The van der Waals surface area contributed by atoms with Crippen LogP contribution >= 0.6 is 0 Å². The molecule has 0 saturated heterocycles. The summed E-state index contributed by atoms with van der Waals surface area (Å²) in [6.45, 7) is 39.9. The smallest absolute Gasteiger partial charge is 0.0386 e. The van der Waals surface area contributed by atoms with Crippen LogP contribution in [0.2, 0.25) is 0 Å². The van der Waals surface area contributed by atoms with Crippen molar-refractivity contribution >= 4 is 5.71 Å². The Labute approximate surface area is 223 Å². The van der Waals surface area contributed by atoms with Crippen molar-refractivity contribution in [3.63, 3.8) is 0 Å². The van der Waals surface area contributed by atoms with Gasteiger partial charge in [-0.15, -0.1) is 13.2 Å². The Morgan fingerprint density at radius 1 is 0.686 bits per heavy atom. The highest BCUT2D eigenvalue weighted by Crippen LogP contribution is 2.23. The SMILES string of the molecule is C=C(C)C.C=C(C)C.CC.CC.CC.CC1=CCCC(C)=C1C.CN=C(C)c1cc(C)cc(C)c1. The highest BCUT2D eigenvalue weighted by molar-refractivity contribution is 5.98. The van der Waals surface area contributed by atoms with E-state index in [1.807, 2.05) is 83.2 Å². The Morgan fingerprint density at radius 2 is 1.03 bits per heavy atom. The first-order chi connectivity index (χ1) is 16.3. The molecule has 204 valence electrons. The zero-order chi connectivity index (χ0) is 29.1. The number of aliphatic imine (C=N–C) groups is 1. The van der Waals surface area contributed by atoms with Crippen molar-refractivity contribution in [2.24, 2.45) is 4.99 Å². The second-order valence-corrected chi connectivity index (χ2v) is 8.43. The third-order valence-electron chi connectivity index (χ3n) is 4.18. The van der Waals surface area contributed by atoms with Gasteiger partial charge in [-0.2, -0.15) is 0 Å². The first kappa shape index (κ1) is 43.0. The summed E-state index contributed by atoms with van der Waals surface area (Å²) in [7, 11) is 1.83. The van der Waals surface area contributed by atoms with Crippen molar-refractivity contribution < 1.29 is 0 Å². The van der Waals surface area contributed by atoms with E-state index in [9.17, 15) is 0 Å². The van der Waals surface area contributed by atoms with Gasteiger partial charge >= 0.3 is 0 Å². The molecule has 0 aromatic heterocycles. The zero-order valence-electron chi connectivity index (χ0n) is 27.1. The predicted molar refractivity (Wildman–Crippen MR) is 170 cm³/mol. The highest BCUT2D eigenvalue weighted by atomic mass is 14.7. The van der Waals surface area contributed by atoms with Crippen molar-refractivity contribution in [1.82, 2.24) is 0 Å². The van der Waals surface area contributed by atoms with Gasteiger partial charge in [0.15, 0.2) is 0 Å². The van der Waals surface area contributed by atoms with Crippen LogP contribution in [0.3, 0.4) is 0 Å². The quantitative estimate of drug-likeness (QED) is 0.277. The number of hydrogen-bond donors (Lipinski definition) is 0. The summed E-state index contributed by atoms with van der Waals surface area (Å²) >= 11 is 0. The molecule has 0 atom stereocenters. The predicted octanol–water partition coefficient (Wildman–Crippen LogP) is 12.0. The van der Waals surface area contributed by atoms with Crippen molar-refractivity contribution in [1.29, 1.82) is 0 Å². The molecule has 2 rings (SSSR count). The van der Waals surface area contributed by atoms with Crippen molar-refractivity contribution in [3.8, 4) is 0 Å².